The molecular weight excluding hydrogens is 186 g/mol. The Balaban J connectivity index is 1.67. The summed E-state index contributed by atoms with van der Waals surface area (Å²) in [5, 5.41) is 3.72. The van der Waals surface area contributed by atoms with Crippen molar-refractivity contribution in [1.82, 2.24) is 5.32 Å². The van der Waals surface area contributed by atoms with Crippen LogP contribution in [0.2, 0.25) is 0 Å². The van der Waals surface area contributed by atoms with E-state index in [2.05, 4.69) is 19.2 Å². The van der Waals surface area contributed by atoms with E-state index in [9.17, 15) is 0 Å². The van der Waals surface area contributed by atoms with Gasteiger partial charge in [-0.1, -0.05) is 6.42 Å². The third-order valence-corrected chi connectivity index (χ3v) is 4.42. The zero-order chi connectivity index (χ0) is 10.9. The minimum atomic E-state index is 0.0324. The number of hydrogen-bond acceptors (Lipinski definition) is 2. The molecule has 0 spiro atoms. The average molecular weight is 211 g/mol. The second kappa shape index (κ2) is 4.42. The predicted molar refractivity (Wildman–Crippen MR) is 62.9 cm³/mol. The van der Waals surface area contributed by atoms with Gasteiger partial charge in [-0.05, 0) is 57.9 Å². The van der Waals surface area contributed by atoms with Crippen molar-refractivity contribution in [3.63, 3.8) is 0 Å². The van der Waals surface area contributed by atoms with Crippen LogP contribution in [0.1, 0.15) is 46.0 Å². The molecular formula is C13H25NO. The summed E-state index contributed by atoms with van der Waals surface area (Å²) in [6.07, 6.45) is 6.99. The molecule has 0 radical (unpaired) electrons. The zero-order valence-electron chi connectivity index (χ0n) is 10.4. The Hall–Kier alpha value is -0.0800. The van der Waals surface area contributed by atoms with E-state index in [1.807, 2.05) is 0 Å². The van der Waals surface area contributed by atoms with Crippen LogP contribution in [0.4, 0.5) is 0 Å². The maximum Gasteiger partial charge on any atom is 0.0634 e. The molecule has 2 nitrogen and oxygen atoms in total. The Labute approximate surface area is 93.8 Å². The average Bonchev–Trinajstić information content (AvgIpc) is 2.79. The lowest BCUT2D eigenvalue weighted by Gasteiger charge is -2.27. The Kier molecular flexibility index (Phi) is 3.36. The number of nitrogens with one attached hydrogen (secondary N) is 1. The molecule has 2 rings (SSSR count). The van der Waals surface area contributed by atoms with Crippen LogP contribution in [0, 0.1) is 11.8 Å². The van der Waals surface area contributed by atoms with E-state index in [1.54, 1.807) is 7.11 Å². The molecule has 2 aliphatic carbocycles. The molecule has 0 aromatic carbocycles. The molecule has 0 amide bonds. The van der Waals surface area contributed by atoms with Gasteiger partial charge < -0.3 is 10.1 Å². The van der Waals surface area contributed by atoms with E-state index in [4.69, 9.17) is 4.74 Å². The molecule has 3 unspecified atom stereocenters. The van der Waals surface area contributed by atoms with E-state index in [0.29, 0.717) is 0 Å². The minimum Gasteiger partial charge on any atom is -0.379 e. The van der Waals surface area contributed by atoms with Crippen LogP contribution < -0.4 is 5.32 Å². The molecule has 0 aromatic heterocycles. The van der Waals surface area contributed by atoms with Crippen LogP contribution in [0.5, 0.6) is 0 Å². The van der Waals surface area contributed by atoms with Crippen molar-refractivity contribution in [3.8, 4) is 0 Å². The molecule has 3 atom stereocenters. The van der Waals surface area contributed by atoms with Gasteiger partial charge in [0, 0.05) is 13.2 Å². The van der Waals surface area contributed by atoms with Gasteiger partial charge in [-0.15, -0.1) is 0 Å². The van der Waals surface area contributed by atoms with E-state index < -0.39 is 0 Å². The van der Waals surface area contributed by atoms with E-state index >= 15 is 0 Å². The van der Waals surface area contributed by atoms with Gasteiger partial charge in [-0.3, -0.25) is 0 Å². The monoisotopic (exact) mass is 211 g/mol. The molecule has 2 aliphatic rings. The molecule has 2 saturated carbocycles. The first-order valence-electron chi connectivity index (χ1n) is 6.39. The fraction of sp³-hybridized carbons (Fsp3) is 1.00. The lowest BCUT2D eigenvalue weighted by molar-refractivity contribution is 0.0150. The molecule has 15 heavy (non-hydrogen) atoms. The normalized spacial score (nSPS) is 35.0. The standard InChI is InChI=1S/C13H25NO/c1-13(2,15-3)6-7-14-12-9-10-4-5-11(12)8-10/h10-12,14H,4-9H2,1-3H3. The Morgan fingerprint density at radius 3 is 2.60 bits per heavy atom. The number of methoxy groups -OCH3 is 1. The van der Waals surface area contributed by atoms with Gasteiger partial charge in [0.05, 0.1) is 5.60 Å². The fourth-order valence-corrected chi connectivity index (χ4v) is 3.16. The summed E-state index contributed by atoms with van der Waals surface area (Å²) >= 11 is 0. The van der Waals surface area contributed by atoms with E-state index in [-0.39, 0.29) is 5.60 Å². The van der Waals surface area contributed by atoms with Gasteiger partial charge in [-0.2, -0.15) is 0 Å². The van der Waals surface area contributed by atoms with Crippen LogP contribution in [0.15, 0.2) is 0 Å². The molecule has 0 aliphatic heterocycles. The molecule has 0 aromatic rings. The quantitative estimate of drug-likeness (QED) is 0.754. The maximum absolute atomic E-state index is 5.42. The molecule has 1 N–H and O–H groups in total. The Morgan fingerprint density at radius 2 is 2.07 bits per heavy atom. The topological polar surface area (TPSA) is 21.3 Å². The van der Waals surface area contributed by atoms with Crippen LogP contribution in [0.3, 0.4) is 0 Å². The van der Waals surface area contributed by atoms with E-state index in [1.165, 1.54) is 25.7 Å². The fourth-order valence-electron chi connectivity index (χ4n) is 3.16. The van der Waals surface area contributed by atoms with Gasteiger partial charge in [0.15, 0.2) is 0 Å². The molecule has 2 heteroatoms. The highest BCUT2D eigenvalue weighted by Gasteiger charge is 2.39. The van der Waals surface area contributed by atoms with Crippen molar-refractivity contribution >= 4 is 0 Å². The summed E-state index contributed by atoms with van der Waals surface area (Å²) in [6.45, 7) is 5.43. The summed E-state index contributed by atoms with van der Waals surface area (Å²) in [4.78, 5) is 0. The lowest BCUT2D eigenvalue weighted by atomic mass is 9.95. The van der Waals surface area contributed by atoms with Crippen molar-refractivity contribution in [1.29, 1.82) is 0 Å². The third-order valence-electron chi connectivity index (χ3n) is 4.42. The van der Waals surface area contributed by atoms with Crippen molar-refractivity contribution in [2.24, 2.45) is 11.8 Å². The van der Waals surface area contributed by atoms with Gasteiger partial charge in [0.1, 0.15) is 0 Å². The summed E-state index contributed by atoms with van der Waals surface area (Å²) in [5.41, 5.74) is 0.0324. The highest BCUT2D eigenvalue weighted by Crippen LogP contribution is 2.44. The van der Waals surface area contributed by atoms with Crippen LogP contribution >= 0.6 is 0 Å². The first-order chi connectivity index (χ1) is 7.11. The third kappa shape index (κ3) is 2.73. The summed E-state index contributed by atoms with van der Waals surface area (Å²) < 4.78 is 5.42. The number of ether oxygens (including phenoxy) is 1. The van der Waals surface area contributed by atoms with Gasteiger partial charge in [-0.25, -0.2) is 0 Å². The van der Waals surface area contributed by atoms with Crippen LogP contribution in [-0.2, 0) is 4.74 Å². The van der Waals surface area contributed by atoms with E-state index in [0.717, 1.165) is 30.8 Å². The van der Waals surface area contributed by atoms with Crippen molar-refractivity contribution < 1.29 is 4.74 Å². The van der Waals surface area contributed by atoms with Gasteiger partial charge in [0.25, 0.3) is 0 Å². The molecule has 2 bridgehead atoms. The second-order valence-corrected chi connectivity index (χ2v) is 5.95. The zero-order valence-corrected chi connectivity index (χ0v) is 10.4. The molecule has 88 valence electrons. The summed E-state index contributed by atoms with van der Waals surface area (Å²) in [5.74, 6) is 2.03. The van der Waals surface area contributed by atoms with Gasteiger partial charge in [0.2, 0.25) is 0 Å². The summed E-state index contributed by atoms with van der Waals surface area (Å²) in [7, 11) is 1.80. The summed E-state index contributed by atoms with van der Waals surface area (Å²) in [6, 6.07) is 0.816. The lowest BCUT2D eigenvalue weighted by Crippen LogP contribution is -2.37. The predicted octanol–water partition coefficient (Wildman–Crippen LogP) is 2.58. The Morgan fingerprint density at radius 1 is 1.27 bits per heavy atom. The van der Waals surface area contributed by atoms with Crippen molar-refractivity contribution in [2.75, 3.05) is 13.7 Å². The molecule has 2 fully saturated rings. The molecule has 0 saturated heterocycles. The largest absolute Gasteiger partial charge is 0.379 e. The second-order valence-electron chi connectivity index (χ2n) is 5.95. The van der Waals surface area contributed by atoms with Crippen LogP contribution in [0.25, 0.3) is 0 Å². The van der Waals surface area contributed by atoms with Gasteiger partial charge >= 0.3 is 0 Å². The van der Waals surface area contributed by atoms with Crippen molar-refractivity contribution in [3.05, 3.63) is 0 Å². The highest BCUT2D eigenvalue weighted by atomic mass is 16.5. The first-order valence-corrected chi connectivity index (χ1v) is 6.39. The number of fused-ring (bicyclic) bond motifs is 2. The van der Waals surface area contributed by atoms with Crippen molar-refractivity contribution in [2.45, 2.75) is 57.6 Å². The SMILES string of the molecule is COC(C)(C)CCNC1CC2CCC1C2. The Bertz CT molecular complexity index is 215. The maximum atomic E-state index is 5.42. The first kappa shape index (κ1) is 11.4. The number of rotatable bonds is 5. The van der Waals surface area contributed by atoms with Crippen LogP contribution in [-0.4, -0.2) is 25.3 Å². The highest BCUT2D eigenvalue weighted by molar-refractivity contribution is 4.94. The molecule has 0 heterocycles. The number of hydrogen-bond donors (Lipinski definition) is 1. The minimum absolute atomic E-state index is 0.0324. The smallest absolute Gasteiger partial charge is 0.0634 e.